The minimum Gasteiger partial charge on any atom is -0.356 e. The van der Waals surface area contributed by atoms with Crippen LogP contribution in [0.2, 0.25) is 0 Å². The number of nitrogens with one attached hydrogen (secondary N) is 2. The van der Waals surface area contributed by atoms with Gasteiger partial charge in [-0.2, -0.15) is 0 Å². The first-order valence-corrected chi connectivity index (χ1v) is 10.3. The van der Waals surface area contributed by atoms with E-state index >= 15 is 0 Å². The van der Waals surface area contributed by atoms with Gasteiger partial charge in [-0.05, 0) is 30.5 Å². The van der Waals surface area contributed by atoms with Crippen LogP contribution in [-0.2, 0) is 13.0 Å². The average molecular weight is 392 g/mol. The van der Waals surface area contributed by atoms with E-state index < -0.39 is 0 Å². The number of rotatable bonds is 3. The molecule has 0 fully saturated rings. The van der Waals surface area contributed by atoms with E-state index in [1.165, 1.54) is 5.56 Å². The average Bonchev–Trinajstić information content (AvgIpc) is 3.23. The molecule has 0 unspecified atom stereocenters. The van der Waals surface area contributed by atoms with Gasteiger partial charge in [-0.15, -0.1) is 11.3 Å². The van der Waals surface area contributed by atoms with Crippen LogP contribution in [0.4, 0.5) is 11.1 Å². The van der Waals surface area contributed by atoms with E-state index in [0.29, 0.717) is 0 Å². The van der Waals surface area contributed by atoms with E-state index in [4.69, 9.17) is 4.98 Å². The lowest BCUT2D eigenvalue weighted by Crippen LogP contribution is -2.35. The highest BCUT2D eigenvalue weighted by Crippen LogP contribution is 2.26. The first-order chi connectivity index (χ1) is 13.8. The first kappa shape index (κ1) is 17.1. The molecule has 5 rings (SSSR count). The van der Waals surface area contributed by atoms with Crippen LogP contribution in [0, 0.1) is 0 Å². The lowest BCUT2D eigenvalue weighted by Gasteiger charge is -2.28. The Morgan fingerprint density at radius 2 is 2.11 bits per heavy atom. The molecule has 28 heavy (non-hydrogen) atoms. The number of aliphatic imine (C=N–C) groups is 1. The fourth-order valence-electron chi connectivity index (χ4n) is 3.34. The van der Waals surface area contributed by atoms with Crippen molar-refractivity contribution in [1.82, 2.24) is 25.3 Å². The van der Waals surface area contributed by atoms with E-state index in [1.54, 1.807) is 17.5 Å². The van der Waals surface area contributed by atoms with Gasteiger partial charge >= 0.3 is 0 Å². The summed E-state index contributed by atoms with van der Waals surface area (Å²) in [4.78, 5) is 25.0. The highest BCUT2D eigenvalue weighted by molar-refractivity contribution is 7.14. The first-order valence-electron chi connectivity index (χ1n) is 9.37. The molecular weight excluding hydrogens is 372 g/mol. The number of fused-ring (bicyclic) bond motifs is 1. The molecule has 0 aliphatic carbocycles. The van der Waals surface area contributed by atoms with Crippen molar-refractivity contribution < 1.29 is 0 Å². The summed E-state index contributed by atoms with van der Waals surface area (Å²) in [6, 6.07) is 6.04. The third-order valence-corrected chi connectivity index (χ3v) is 5.55. The molecule has 0 bridgehead atoms. The highest BCUT2D eigenvalue weighted by atomic mass is 32.1. The lowest BCUT2D eigenvalue weighted by atomic mass is 10.1. The molecule has 0 amide bonds. The number of thiazole rings is 1. The standard InChI is InChI=1S/C19H20N8S/c1-3-13-5-10-27(11-15(13)20-6-1)18-23-9-4-14(24-18)16-12-28-19(25-16)26-17-21-7-2-8-22-17/h1,3-4,6,9,12H,2,5,7-8,10-11H2,(H2,21,22,25,26). The third-order valence-electron chi connectivity index (χ3n) is 4.79. The van der Waals surface area contributed by atoms with Crippen LogP contribution in [0.1, 0.15) is 17.7 Å². The second-order valence-electron chi connectivity index (χ2n) is 6.70. The summed E-state index contributed by atoms with van der Waals surface area (Å²) < 4.78 is 0. The Morgan fingerprint density at radius 1 is 1.11 bits per heavy atom. The van der Waals surface area contributed by atoms with Crippen molar-refractivity contribution in [3.05, 3.63) is 47.2 Å². The van der Waals surface area contributed by atoms with Crippen LogP contribution in [0.3, 0.4) is 0 Å². The molecule has 0 aromatic carbocycles. The Balaban J connectivity index is 1.34. The van der Waals surface area contributed by atoms with E-state index in [0.717, 1.165) is 73.1 Å². The predicted octanol–water partition coefficient (Wildman–Crippen LogP) is 2.32. The SMILES string of the molecule is c1cnc2c(c1)CCN(c1nccc(-c3csc(NC4=NCCCN4)n3)n1)C2. The zero-order chi connectivity index (χ0) is 18.8. The largest absolute Gasteiger partial charge is 0.356 e. The van der Waals surface area contributed by atoms with Crippen molar-refractivity contribution in [3.63, 3.8) is 0 Å². The Kier molecular flexibility index (Phi) is 4.58. The Morgan fingerprint density at radius 3 is 3.04 bits per heavy atom. The summed E-state index contributed by atoms with van der Waals surface area (Å²) >= 11 is 1.54. The molecule has 2 N–H and O–H groups in total. The smallest absolute Gasteiger partial charge is 0.226 e. The second-order valence-corrected chi connectivity index (χ2v) is 7.55. The van der Waals surface area contributed by atoms with Gasteiger partial charge in [-0.3, -0.25) is 9.98 Å². The van der Waals surface area contributed by atoms with Gasteiger partial charge in [0.05, 0.1) is 17.9 Å². The number of nitrogens with zero attached hydrogens (tertiary/aromatic N) is 6. The summed E-state index contributed by atoms with van der Waals surface area (Å²) in [5.74, 6) is 1.50. The van der Waals surface area contributed by atoms with E-state index in [2.05, 4.69) is 41.5 Å². The van der Waals surface area contributed by atoms with E-state index in [9.17, 15) is 0 Å². The maximum absolute atomic E-state index is 4.76. The van der Waals surface area contributed by atoms with Crippen molar-refractivity contribution in [2.24, 2.45) is 4.99 Å². The molecule has 0 radical (unpaired) electrons. The summed E-state index contributed by atoms with van der Waals surface area (Å²) in [6.45, 7) is 3.40. The van der Waals surface area contributed by atoms with Crippen LogP contribution >= 0.6 is 11.3 Å². The molecule has 0 atom stereocenters. The molecule has 2 aliphatic rings. The van der Waals surface area contributed by atoms with Gasteiger partial charge in [-0.1, -0.05) is 6.07 Å². The van der Waals surface area contributed by atoms with Crippen LogP contribution in [-0.4, -0.2) is 45.5 Å². The summed E-state index contributed by atoms with van der Waals surface area (Å²) in [6.07, 6.45) is 5.66. The molecular formula is C19H20N8S. The number of hydrogen-bond acceptors (Lipinski definition) is 9. The zero-order valence-electron chi connectivity index (χ0n) is 15.3. The molecule has 0 saturated heterocycles. The van der Waals surface area contributed by atoms with Crippen LogP contribution in [0.25, 0.3) is 11.4 Å². The van der Waals surface area contributed by atoms with Gasteiger partial charge in [0.25, 0.3) is 0 Å². The molecule has 5 heterocycles. The summed E-state index contributed by atoms with van der Waals surface area (Å²) in [5, 5.41) is 9.30. The van der Waals surface area contributed by atoms with Gasteiger partial charge in [0.15, 0.2) is 11.1 Å². The van der Waals surface area contributed by atoms with Crippen molar-refractivity contribution in [2.75, 3.05) is 29.9 Å². The fourth-order valence-corrected chi connectivity index (χ4v) is 4.04. The maximum atomic E-state index is 4.76. The summed E-state index contributed by atoms with van der Waals surface area (Å²) in [7, 11) is 0. The number of anilines is 2. The van der Waals surface area contributed by atoms with Crippen molar-refractivity contribution in [1.29, 1.82) is 0 Å². The van der Waals surface area contributed by atoms with Gasteiger partial charge < -0.3 is 15.5 Å². The van der Waals surface area contributed by atoms with Crippen LogP contribution < -0.4 is 15.5 Å². The normalized spacial score (nSPS) is 16.1. The highest BCUT2D eigenvalue weighted by Gasteiger charge is 2.20. The van der Waals surface area contributed by atoms with Gasteiger partial charge in [0.1, 0.15) is 5.69 Å². The zero-order valence-corrected chi connectivity index (χ0v) is 16.1. The Hall–Kier alpha value is -3.07. The summed E-state index contributed by atoms with van der Waals surface area (Å²) in [5.41, 5.74) is 4.07. The molecule has 3 aromatic heterocycles. The van der Waals surface area contributed by atoms with Crippen LogP contribution in [0.15, 0.2) is 41.0 Å². The molecule has 3 aromatic rings. The Labute approximate surface area is 166 Å². The number of aromatic nitrogens is 4. The fraction of sp³-hybridized carbons (Fsp3) is 0.316. The molecule has 2 aliphatic heterocycles. The topological polar surface area (TPSA) is 91.2 Å². The molecule has 9 heteroatoms. The quantitative estimate of drug-likeness (QED) is 0.707. The van der Waals surface area contributed by atoms with Crippen LogP contribution in [0.5, 0.6) is 0 Å². The van der Waals surface area contributed by atoms with Crippen molar-refractivity contribution in [2.45, 2.75) is 19.4 Å². The molecule has 0 spiro atoms. The third kappa shape index (κ3) is 3.53. The minimum atomic E-state index is 0.717. The van der Waals surface area contributed by atoms with Crippen molar-refractivity contribution >= 4 is 28.4 Å². The van der Waals surface area contributed by atoms with E-state index in [-0.39, 0.29) is 0 Å². The van der Waals surface area contributed by atoms with Gasteiger partial charge in [0, 0.05) is 37.4 Å². The molecule has 142 valence electrons. The van der Waals surface area contributed by atoms with E-state index in [1.807, 2.05) is 23.7 Å². The second kappa shape index (κ2) is 7.51. The monoisotopic (exact) mass is 392 g/mol. The molecule has 8 nitrogen and oxygen atoms in total. The number of pyridine rings is 1. The van der Waals surface area contributed by atoms with Crippen molar-refractivity contribution in [3.8, 4) is 11.4 Å². The Bertz CT molecular complexity index is 1010. The lowest BCUT2D eigenvalue weighted by molar-refractivity contribution is 0.689. The number of guanidine groups is 1. The van der Waals surface area contributed by atoms with Gasteiger partial charge in [0.2, 0.25) is 5.95 Å². The molecule has 0 saturated carbocycles. The number of hydrogen-bond donors (Lipinski definition) is 2. The predicted molar refractivity (Wildman–Crippen MR) is 111 cm³/mol. The minimum absolute atomic E-state index is 0.717. The maximum Gasteiger partial charge on any atom is 0.226 e. The van der Waals surface area contributed by atoms with Gasteiger partial charge in [-0.25, -0.2) is 15.0 Å².